The van der Waals surface area contributed by atoms with Gasteiger partial charge >= 0.3 is 0 Å². The van der Waals surface area contributed by atoms with Gasteiger partial charge in [0.2, 0.25) is 0 Å². The van der Waals surface area contributed by atoms with Crippen LogP contribution in [-0.2, 0) is 6.61 Å². The highest BCUT2D eigenvalue weighted by molar-refractivity contribution is 5.32. The van der Waals surface area contributed by atoms with Crippen molar-refractivity contribution >= 4 is 0 Å². The number of aliphatic hydroxyl groups is 1. The van der Waals surface area contributed by atoms with Crippen molar-refractivity contribution in [1.29, 1.82) is 0 Å². The Hall–Kier alpha value is -1.32. The molecule has 3 heteroatoms. The van der Waals surface area contributed by atoms with E-state index in [1.165, 1.54) is 0 Å². The van der Waals surface area contributed by atoms with Crippen LogP contribution in [0.3, 0.4) is 0 Å². The van der Waals surface area contributed by atoms with E-state index >= 15 is 0 Å². The van der Waals surface area contributed by atoms with Crippen molar-refractivity contribution in [1.82, 2.24) is 5.32 Å². The van der Waals surface area contributed by atoms with E-state index in [4.69, 9.17) is 9.84 Å². The lowest BCUT2D eigenvalue weighted by Crippen LogP contribution is -2.20. The molecule has 0 amide bonds. The van der Waals surface area contributed by atoms with Gasteiger partial charge in [-0.2, -0.15) is 0 Å². The Morgan fingerprint density at radius 2 is 2.18 bits per heavy atom. The van der Waals surface area contributed by atoms with Crippen molar-refractivity contribution in [2.45, 2.75) is 20.0 Å². The number of ether oxygens (including phenoxy) is 1. The van der Waals surface area contributed by atoms with E-state index in [-0.39, 0.29) is 6.61 Å². The third-order valence-electron chi connectivity index (χ3n) is 2.38. The summed E-state index contributed by atoms with van der Waals surface area (Å²) in [7, 11) is 0. The van der Waals surface area contributed by atoms with Gasteiger partial charge in [-0.25, -0.2) is 0 Å². The summed E-state index contributed by atoms with van der Waals surface area (Å²) in [5.41, 5.74) is 1.81. The minimum Gasteiger partial charge on any atom is -0.489 e. The van der Waals surface area contributed by atoms with Gasteiger partial charge in [0.05, 0.1) is 6.61 Å². The maximum absolute atomic E-state index is 9.14. The molecule has 3 nitrogen and oxygen atoms in total. The summed E-state index contributed by atoms with van der Waals surface area (Å²) in [5, 5.41) is 12.4. The molecule has 0 aliphatic carbocycles. The quantitative estimate of drug-likeness (QED) is 0.535. The van der Waals surface area contributed by atoms with Crippen LogP contribution in [0.15, 0.2) is 36.4 Å². The summed E-state index contributed by atoms with van der Waals surface area (Å²) in [6.45, 7) is 8.32. The Kier molecular flexibility index (Phi) is 6.37. The van der Waals surface area contributed by atoms with Crippen LogP contribution in [0.4, 0.5) is 0 Å². The Bertz CT molecular complexity index is 350. The largest absolute Gasteiger partial charge is 0.489 e. The van der Waals surface area contributed by atoms with Gasteiger partial charge in [-0.1, -0.05) is 31.7 Å². The molecule has 0 saturated heterocycles. The van der Waals surface area contributed by atoms with Gasteiger partial charge in [0, 0.05) is 12.1 Å². The van der Waals surface area contributed by atoms with Crippen LogP contribution < -0.4 is 10.1 Å². The average molecular weight is 235 g/mol. The predicted molar refractivity (Wildman–Crippen MR) is 70.2 cm³/mol. The number of nitrogens with one attached hydrogen (secondary N) is 1. The van der Waals surface area contributed by atoms with E-state index in [9.17, 15) is 0 Å². The molecule has 0 atom stereocenters. The highest BCUT2D eigenvalue weighted by Gasteiger charge is 2.02. The molecule has 94 valence electrons. The number of hydrogen-bond acceptors (Lipinski definition) is 3. The van der Waals surface area contributed by atoms with E-state index in [0.29, 0.717) is 6.61 Å². The molecule has 0 heterocycles. The number of hydrogen-bond donors (Lipinski definition) is 2. The monoisotopic (exact) mass is 235 g/mol. The third kappa shape index (κ3) is 5.02. The molecular formula is C14H21NO2. The Labute approximate surface area is 103 Å². The maximum atomic E-state index is 9.14. The van der Waals surface area contributed by atoms with E-state index in [2.05, 4.69) is 18.8 Å². The molecule has 0 bridgehead atoms. The number of benzene rings is 1. The molecule has 1 aromatic rings. The first-order valence-corrected chi connectivity index (χ1v) is 5.96. The SMILES string of the molecule is C=C(CNCCC)COc1ccccc1CO. The fourth-order valence-corrected chi connectivity index (χ4v) is 1.45. The zero-order chi connectivity index (χ0) is 12.5. The molecule has 0 unspecified atom stereocenters. The van der Waals surface area contributed by atoms with Crippen LogP contribution in [0.2, 0.25) is 0 Å². The van der Waals surface area contributed by atoms with Crippen molar-refractivity contribution in [2.24, 2.45) is 0 Å². The van der Waals surface area contributed by atoms with Crippen LogP contribution in [0.5, 0.6) is 5.75 Å². The molecule has 0 spiro atoms. The van der Waals surface area contributed by atoms with Crippen molar-refractivity contribution in [2.75, 3.05) is 19.7 Å². The number of aliphatic hydroxyl groups excluding tert-OH is 1. The fourth-order valence-electron chi connectivity index (χ4n) is 1.45. The first-order chi connectivity index (χ1) is 8.27. The molecule has 0 aliphatic rings. The van der Waals surface area contributed by atoms with Crippen LogP contribution in [0.25, 0.3) is 0 Å². The topological polar surface area (TPSA) is 41.5 Å². The summed E-state index contributed by atoms with van der Waals surface area (Å²) in [4.78, 5) is 0. The lowest BCUT2D eigenvalue weighted by Gasteiger charge is -2.11. The van der Waals surface area contributed by atoms with E-state index in [1.54, 1.807) is 0 Å². The molecule has 17 heavy (non-hydrogen) atoms. The van der Waals surface area contributed by atoms with Crippen LogP contribution in [-0.4, -0.2) is 24.8 Å². The molecular weight excluding hydrogens is 214 g/mol. The van der Waals surface area contributed by atoms with Crippen molar-refractivity contribution in [3.05, 3.63) is 42.0 Å². The van der Waals surface area contributed by atoms with Gasteiger partial charge in [0.15, 0.2) is 0 Å². The second-order valence-corrected chi connectivity index (χ2v) is 3.98. The molecule has 2 N–H and O–H groups in total. The maximum Gasteiger partial charge on any atom is 0.125 e. The Balaban J connectivity index is 2.36. The number of para-hydroxylation sites is 1. The molecule has 0 radical (unpaired) electrons. The van der Waals surface area contributed by atoms with Crippen LogP contribution in [0, 0.1) is 0 Å². The summed E-state index contributed by atoms with van der Waals surface area (Å²) >= 11 is 0. The van der Waals surface area contributed by atoms with Crippen molar-refractivity contribution in [3.63, 3.8) is 0 Å². The van der Waals surface area contributed by atoms with Crippen LogP contribution >= 0.6 is 0 Å². The zero-order valence-corrected chi connectivity index (χ0v) is 10.4. The van der Waals surface area contributed by atoms with E-state index < -0.39 is 0 Å². The minimum absolute atomic E-state index is 0.00324. The Morgan fingerprint density at radius 3 is 2.88 bits per heavy atom. The lowest BCUT2D eigenvalue weighted by molar-refractivity contribution is 0.268. The van der Waals surface area contributed by atoms with E-state index in [1.807, 2.05) is 24.3 Å². The zero-order valence-electron chi connectivity index (χ0n) is 10.4. The summed E-state index contributed by atoms with van der Waals surface area (Å²) < 4.78 is 5.62. The molecule has 0 aromatic heterocycles. The van der Waals surface area contributed by atoms with Gasteiger partial charge < -0.3 is 15.2 Å². The molecule has 0 aliphatic heterocycles. The summed E-state index contributed by atoms with van der Waals surface area (Å²) in [5.74, 6) is 0.728. The number of rotatable bonds is 8. The molecule has 1 rings (SSSR count). The standard InChI is InChI=1S/C14H21NO2/c1-3-8-15-9-12(2)11-17-14-7-5-4-6-13(14)10-16/h4-7,15-16H,2-3,8-11H2,1H3. The van der Waals surface area contributed by atoms with Gasteiger partial charge in [-0.3, -0.25) is 0 Å². The van der Waals surface area contributed by atoms with Crippen molar-refractivity contribution in [3.8, 4) is 5.75 Å². The highest BCUT2D eigenvalue weighted by Crippen LogP contribution is 2.17. The second kappa shape index (κ2) is 7.87. The highest BCUT2D eigenvalue weighted by atomic mass is 16.5. The Morgan fingerprint density at radius 1 is 1.41 bits per heavy atom. The predicted octanol–water partition coefficient (Wildman–Crippen LogP) is 2.11. The summed E-state index contributed by atoms with van der Waals surface area (Å²) in [6, 6.07) is 7.49. The third-order valence-corrected chi connectivity index (χ3v) is 2.38. The van der Waals surface area contributed by atoms with E-state index in [0.717, 1.165) is 36.4 Å². The first-order valence-electron chi connectivity index (χ1n) is 5.96. The first kappa shape index (κ1) is 13.7. The normalized spacial score (nSPS) is 10.2. The smallest absolute Gasteiger partial charge is 0.125 e. The minimum atomic E-state index is -0.00324. The molecule has 0 fully saturated rings. The van der Waals surface area contributed by atoms with Gasteiger partial charge in [-0.05, 0) is 24.6 Å². The van der Waals surface area contributed by atoms with Crippen LogP contribution in [0.1, 0.15) is 18.9 Å². The van der Waals surface area contributed by atoms with Crippen molar-refractivity contribution < 1.29 is 9.84 Å². The van der Waals surface area contributed by atoms with Gasteiger partial charge in [0.1, 0.15) is 12.4 Å². The second-order valence-electron chi connectivity index (χ2n) is 3.98. The molecule has 1 aromatic carbocycles. The average Bonchev–Trinajstić information content (AvgIpc) is 2.37. The van der Waals surface area contributed by atoms with Gasteiger partial charge in [0.25, 0.3) is 0 Å². The van der Waals surface area contributed by atoms with Gasteiger partial charge in [-0.15, -0.1) is 0 Å². The lowest BCUT2D eigenvalue weighted by atomic mass is 10.2. The fraction of sp³-hybridized carbons (Fsp3) is 0.429. The molecule has 0 saturated carbocycles. The summed E-state index contributed by atoms with van der Waals surface area (Å²) in [6.07, 6.45) is 1.11.